The summed E-state index contributed by atoms with van der Waals surface area (Å²) in [5.41, 5.74) is 0. The fraction of sp³-hybridized carbons (Fsp3) is 0.778. The van der Waals surface area contributed by atoms with Crippen LogP contribution in [0.5, 0.6) is 0 Å². The lowest BCUT2D eigenvalue weighted by atomic mass is 9.98. The molecule has 0 aliphatic heterocycles. The molecular formula is C9H15S. The molecule has 1 unspecified atom stereocenters. The Morgan fingerprint density at radius 2 is 2.20 bits per heavy atom. The third kappa shape index (κ3) is 2.05. The zero-order valence-electron chi connectivity index (χ0n) is 6.44. The van der Waals surface area contributed by atoms with Crippen molar-refractivity contribution in [3.63, 3.8) is 0 Å². The molecule has 0 heterocycles. The van der Waals surface area contributed by atoms with Crippen LogP contribution in [0, 0.1) is 12.8 Å². The van der Waals surface area contributed by atoms with Crippen LogP contribution in [0.15, 0.2) is 0 Å². The van der Waals surface area contributed by atoms with Crippen molar-refractivity contribution in [1.82, 2.24) is 0 Å². The summed E-state index contributed by atoms with van der Waals surface area (Å²) in [6.45, 7) is 3.91. The molecule has 0 N–H and O–H groups in total. The molecule has 0 saturated heterocycles. The van der Waals surface area contributed by atoms with Crippen molar-refractivity contribution < 1.29 is 0 Å². The summed E-state index contributed by atoms with van der Waals surface area (Å²) in [6, 6.07) is 0. The van der Waals surface area contributed by atoms with Crippen LogP contribution in [-0.2, 0) is 0 Å². The van der Waals surface area contributed by atoms with Gasteiger partial charge in [-0.05, 0) is 36.5 Å². The molecule has 1 rings (SSSR count). The Bertz CT molecular complexity index is 118. The van der Waals surface area contributed by atoms with E-state index in [1.54, 1.807) is 0 Å². The third-order valence-electron chi connectivity index (χ3n) is 2.28. The van der Waals surface area contributed by atoms with E-state index in [1.807, 2.05) is 0 Å². The van der Waals surface area contributed by atoms with E-state index in [9.17, 15) is 0 Å². The topological polar surface area (TPSA) is 0 Å². The van der Waals surface area contributed by atoms with Crippen LogP contribution in [0.3, 0.4) is 0 Å². The van der Waals surface area contributed by atoms with E-state index in [2.05, 4.69) is 6.92 Å². The van der Waals surface area contributed by atoms with E-state index < -0.39 is 0 Å². The van der Waals surface area contributed by atoms with Crippen molar-refractivity contribution in [3.8, 4) is 0 Å². The van der Waals surface area contributed by atoms with Crippen molar-refractivity contribution in [1.29, 1.82) is 0 Å². The zero-order valence-corrected chi connectivity index (χ0v) is 7.25. The predicted molar refractivity (Wildman–Crippen MR) is 49.1 cm³/mol. The van der Waals surface area contributed by atoms with Crippen LogP contribution in [-0.4, -0.2) is 4.86 Å². The molecule has 1 atom stereocenters. The minimum absolute atomic E-state index is 0.664. The molecule has 1 saturated carbocycles. The van der Waals surface area contributed by atoms with Gasteiger partial charge in [-0.1, -0.05) is 32.0 Å². The Morgan fingerprint density at radius 3 is 2.90 bits per heavy atom. The van der Waals surface area contributed by atoms with Gasteiger partial charge in [-0.2, -0.15) is 0 Å². The highest BCUT2D eigenvalue weighted by Crippen LogP contribution is 2.23. The van der Waals surface area contributed by atoms with E-state index in [-0.39, 0.29) is 0 Å². The molecule has 1 radical (unpaired) electrons. The Kier molecular flexibility index (Phi) is 3.33. The van der Waals surface area contributed by atoms with Crippen LogP contribution < -0.4 is 0 Å². The second kappa shape index (κ2) is 4.07. The SMILES string of the molecule is [CH2]CC1CCCCCC1=S. The van der Waals surface area contributed by atoms with Gasteiger partial charge >= 0.3 is 0 Å². The van der Waals surface area contributed by atoms with Gasteiger partial charge in [-0.3, -0.25) is 0 Å². The van der Waals surface area contributed by atoms with Gasteiger partial charge in [0.15, 0.2) is 0 Å². The molecule has 0 aromatic heterocycles. The molecule has 0 nitrogen and oxygen atoms in total. The lowest BCUT2D eigenvalue weighted by Crippen LogP contribution is -2.08. The molecule has 0 aromatic rings. The average Bonchev–Trinajstić information content (AvgIpc) is 2.13. The van der Waals surface area contributed by atoms with Crippen molar-refractivity contribution in [2.24, 2.45) is 5.92 Å². The van der Waals surface area contributed by atoms with E-state index in [0.29, 0.717) is 5.92 Å². The van der Waals surface area contributed by atoms with Gasteiger partial charge in [0.2, 0.25) is 0 Å². The molecule has 0 bridgehead atoms. The number of rotatable bonds is 1. The first-order valence-electron chi connectivity index (χ1n) is 4.16. The zero-order chi connectivity index (χ0) is 7.40. The minimum atomic E-state index is 0.664. The second-order valence-corrected chi connectivity index (χ2v) is 3.58. The van der Waals surface area contributed by atoms with Crippen molar-refractivity contribution in [2.45, 2.75) is 38.5 Å². The van der Waals surface area contributed by atoms with E-state index in [1.165, 1.54) is 37.0 Å². The van der Waals surface area contributed by atoms with E-state index in [4.69, 9.17) is 12.2 Å². The summed E-state index contributed by atoms with van der Waals surface area (Å²) in [4.78, 5) is 1.28. The van der Waals surface area contributed by atoms with Crippen LogP contribution in [0.2, 0.25) is 0 Å². The molecular weight excluding hydrogens is 140 g/mol. The molecule has 0 amide bonds. The fourth-order valence-corrected chi connectivity index (χ4v) is 1.92. The Hall–Kier alpha value is 0.0900. The van der Waals surface area contributed by atoms with Crippen LogP contribution in [0.4, 0.5) is 0 Å². The summed E-state index contributed by atoms with van der Waals surface area (Å²) in [7, 11) is 0. The summed E-state index contributed by atoms with van der Waals surface area (Å²) >= 11 is 5.27. The minimum Gasteiger partial charge on any atom is -0.0894 e. The van der Waals surface area contributed by atoms with Crippen molar-refractivity contribution in [3.05, 3.63) is 6.92 Å². The maximum Gasteiger partial charge on any atom is -0.00406 e. The lowest BCUT2D eigenvalue weighted by molar-refractivity contribution is 0.598. The Balaban J connectivity index is 2.43. The van der Waals surface area contributed by atoms with E-state index >= 15 is 0 Å². The highest BCUT2D eigenvalue weighted by molar-refractivity contribution is 7.80. The number of hydrogen-bond donors (Lipinski definition) is 0. The van der Waals surface area contributed by atoms with Gasteiger partial charge in [0, 0.05) is 0 Å². The van der Waals surface area contributed by atoms with Crippen LogP contribution >= 0.6 is 12.2 Å². The summed E-state index contributed by atoms with van der Waals surface area (Å²) in [6.07, 6.45) is 7.53. The quantitative estimate of drug-likeness (QED) is 0.414. The first-order valence-corrected chi connectivity index (χ1v) is 4.57. The van der Waals surface area contributed by atoms with Crippen molar-refractivity contribution >= 4 is 17.1 Å². The number of hydrogen-bond acceptors (Lipinski definition) is 1. The molecule has 1 fully saturated rings. The third-order valence-corrected chi connectivity index (χ3v) is 2.82. The predicted octanol–water partition coefficient (Wildman–Crippen LogP) is 3.16. The van der Waals surface area contributed by atoms with Gasteiger partial charge < -0.3 is 0 Å². The molecule has 57 valence electrons. The molecule has 1 aliphatic carbocycles. The molecule has 10 heavy (non-hydrogen) atoms. The van der Waals surface area contributed by atoms with Crippen LogP contribution in [0.25, 0.3) is 0 Å². The fourth-order valence-electron chi connectivity index (χ4n) is 1.54. The molecule has 1 aliphatic rings. The lowest BCUT2D eigenvalue weighted by Gasteiger charge is -2.10. The normalized spacial score (nSPS) is 28.1. The summed E-state index contributed by atoms with van der Waals surface area (Å²) < 4.78 is 0. The highest BCUT2D eigenvalue weighted by atomic mass is 32.1. The van der Waals surface area contributed by atoms with Gasteiger partial charge in [0.25, 0.3) is 0 Å². The Labute approximate surface area is 69.0 Å². The molecule has 0 aromatic carbocycles. The van der Waals surface area contributed by atoms with Crippen LogP contribution in [0.1, 0.15) is 38.5 Å². The van der Waals surface area contributed by atoms with Gasteiger partial charge in [-0.15, -0.1) is 0 Å². The largest absolute Gasteiger partial charge is 0.0894 e. The highest BCUT2D eigenvalue weighted by Gasteiger charge is 2.14. The van der Waals surface area contributed by atoms with Gasteiger partial charge in [0.1, 0.15) is 0 Å². The average molecular weight is 155 g/mol. The van der Waals surface area contributed by atoms with Gasteiger partial charge in [0.05, 0.1) is 0 Å². The van der Waals surface area contributed by atoms with Gasteiger partial charge in [-0.25, -0.2) is 0 Å². The summed E-state index contributed by atoms with van der Waals surface area (Å²) in [5, 5.41) is 0. The maximum atomic E-state index is 5.27. The first kappa shape index (κ1) is 8.19. The standard InChI is InChI=1S/C9H15S/c1-2-8-6-4-3-5-7-9(8)10/h8H,1-7H2. The maximum absolute atomic E-state index is 5.27. The molecule has 1 heteroatoms. The summed E-state index contributed by atoms with van der Waals surface area (Å²) in [5.74, 6) is 0.664. The second-order valence-electron chi connectivity index (χ2n) is 3.05. The first-order chi connectivity index (χ1) is 4.84. The number of thiocarbonyl (C=S) groups is 1. The monoisotopic (exact) mass is 155 g/mol. The smallest absolute Gasteiger partial charge is 0.00406 e. The molecule has 0 spiro atoms. The Morgan fingerprint density at radius 1 is 1.40 bits per heavy atom. The van der Waals surface area contributed by atoms with E-state index in [0.717, 1.165) is 6.42 Å². The van der Waals surface area contributed by atoms with Crippen molar-refractivity contribution in [2.75, 3.05) is 0 Å².